The predicted molar refractivity (Wildman–Crippen MR) is 128 cm³/mol. The van der Waals surface area contributed by atoms with E-state index in [2.05, 4.69) is 4.98 Å². The number of aromatic amines is 1. The standard InChI is InChI=1S/C25H24N2O6S/c1-16-13-27(25(31)26-21(16)28)22-19(14-32-23(29)17-8-4-2-5-9-17)12-20(34-22)15-33-24(30)18-10-6-3-7-11-18/h2-11,13,19-20,22H,12,14-15H2,1H3,(H,26,28,31)/t19-,20+,22+/m0/s1. The first kappa shape index (κ1) is 23.6. The first-order chi connectivity index (χ1) is 16.4. The number of nitrogens with zero attached hydrogens (tertiary/aromatic N) is 1. The van der Waals surface area contributed by atoms with Gasteiger partial charge in [0.2, 0.25) is 0 Å². The van der Waals surface area contributed by atoms with Crippen LogP contribution in [0.5, 0.6) is 0 Å². The highest BCUT2D eigenvalue weighted by atomic mass is 32.2. The number of aryl methyl sites for hydroxylation is 1. The molecule has 2 heterocycles. The largest absolute Gasteiger partial charge is 0.462 e. The first-order valence-electron chi connectivity index (χ1n) is 10.8. The van der Waals surface area contributed by atoms with Crippen LogP contribution in [0.2, 0.25) is 0 Å². The van der Waals surface area contributed by atoms with Crippen LogP contribution in [0, 0.1) is 12.8 Å². The highest BCUT2D eigenvalue weighted by molar-refractivity contribution is 8.00. The van der Waals surface area contributed by atoms with Crippen LogP contribution >= 0.6 is 11.8 Å². The van der Waals surface area contributed by atoms with Gasteiger partial charge in [0.15, 0.2) is 0 Å². The lowest BCUT2D eigenvalue weighted by Gasteiger charge is -2.21. The van der Waals surface area contributed by atoms with Gasteiger partial charge in [-0.3, -0.25) is 14.3 Å². The van der Waals surface area contributed by atoms with Crippen LogP contribution in [0.25, 0.3) is 0 Å². The number of carbonyl (C=O) groups is 2. The van der Waals surface area contributed by atoms with Crippen molar-refractivity contribution < 1.29 is 19.1 Å². The van der Waals surface area contributed by atoms with E-state index in [1.54, 1.807) is 55.5 Å². The first-order valence-corrected chi connectivity index (χ1v) is 11.8. The molecular formula is C25H24N2O6S. The third-order valence-electron chi connectivity index (χ3n) is 5.57. The maximum atomic E-state index is 12.5. The Kier molecular flexibility index (Phi) is 7.32. The van der Waals surface area contributed by atoms with E-state index >= 15 is 0 Å². The maximum Gasteiger partial charge on any atom is 0.338 e. The lowest BCUT2D eigenvalue weighted by molar-refractivity contribution is 0.0412. The highest BCUT2D eigenvalue weighted by Crippen LogP contribution is 2.45. The zero-order valence-corrected chi connectivity index (χ0v) is 19.3. The number of rotatable bonds is 7. The van der Waals surface area contributed by atoms with Crippen molar-refractivity contribution in [3.8, 4) is 0 Å². The number of ether oxygens (including phenoxy) is 2. The molecule has 0 amide bonds. The minimum atomic E-state index is -0.533. The summed E-state index contributed by atoms with van der Waals surface area (Å²) in [5.41, 5.74) is 0.330. The van der Waals surface area contributed by atoms with Gasteiger partial charge in [0, 0.05) is 22.9 Å². The fourth-order valence-corrected chi connectivity index (χ4v) is 5.41. The van der Waals surface area contributed by atoms with E-state index in [0.717, 1.165) is 0 Å². The second kappa shape index (κ2) is 10.6. The lowest BCUT2D eigenvalue weighted by atomic mass is 10.0. The number of H-pyrrole nitrogens is 1. The van der Waals surface area contributed by atoms with Crippen LogP contribution in [0.4, 0.5) is 0 Å². The van der Waals surface area contributed by atoms with Crippen molar-refractivity contribution in [3.05, 3.63) is 104 Å². The normalized spacial score (nSPS) is 19.5. The molecule has 0 saturated carbocycles. The summed E-state index contributed by atoms with van der Waals surface area (Å²) >= 11 is 1.46. The van der Waals surface area contributed by atoms with E-state index in [4.69, 9.17) is 9.47 Å². The van der Waals surface area contributed by atoms with Crippen LogP contribution in [-0.2, 0) is 9.47 Å². The minimum absolute atomic E-state index is 0.0825. The number of thioether (sulfide) groups is 1. The highest BCUT2D eigenvalue weighted by Gasteiger charge is 2.38. The molecule has 8 nitrogen and oxygen atoms in total. The molecule has 4 rings (SSSR count). The molecule has 0 aliphatic carbocycles. The second-order valence-corrected chi connectivity index (χ2v) is 9.47. The molecule has 1 fully saturated rings. The van der Waals surface area contributed by atoms with Gasteiger partial charge in [0.05, 0.1) is 23.1 Å². The molecule has 0 unspecified atom stereocenters. The molecule has 2 aromatic carbocycles. The number of aromatic nitrogens is 2. The molecular weight excluding hydrogens is 456 g/mol. The Morgan fingerprint density at radius 2 is 1.50 bits per heavy atom. The zero-order valence-electron chi connectivity index (χ0n) is 18.5. The Balaban J connectivity index is 1.49. The van der Waals surface area contributed by atoms with E-state index < -0.39 is 28.6 Å². The minimum Gasteiger partial charge on any atom is -0.462 e. The van der Waals surface area contributed by atoms with E-state index in [0.29, 0.717) is 23.1 Å². The van der Waals surface area contributed by atoms with Gasteiger partial charge in [-0.1, -0.05) is 36.4 Å². The van der Waals surface area contributed by atoms with Gasteiger partial charge in [0.1, 0.15) is 6.61 Å². The van der Waals surface area contributed by atoms with E-state index in [-0.39, 0.29) is 24.4 Å². The van der Waals surface area contributed by atoms with Crippen molar-refractivity contribution in [2.75, 3.05) is 13.2 Å². The average Bonchev–Trinajstić information content (AvgIpc) is 3.27. The molecule has 1 N–H and O–H groups in total. The van der Waals surface area contributed by atoms with Crippen LogP contribution in [0.15, 0.2) is 76.4 Å². The second-order valence-electron chi connectivity index (χ2n) is 8.05. The summed E-state index contributed by atoms with van der Waals surface area (Å²) in [5, 5.41) is -0.510. The number of nitrogens with one attached hydrogen (secondary N) is 1. The van der Waals surface area contributed by atoms with Gasteiger partial charge in [-0.15, -0.1) is 11.8 Å². The number of hydrogen-bond acceptors (Lipinski definition) is 7. The molecule has 0 radical (unpaired) electrons. The number of hydrogen-bond donors (Lipinski definition) is 1. The maximum absolute atomic E-state index is 12.5. The Labute approximate surface area is 199 Å². The molecule has 34 heavy (non-hydrogen) atoms. The van der Waals surface area contributed by atoms with Gasteiger partial charge in [-0.25, -0.2) is 14.4 Å². The summed E-state index contributed by atoms with van der Waals surface area (Å²) in [7, 11) is 0. The Bertz CT molecular complexity index is 1270. The zero-order chi connectivity index (χ0) is 24.1. The van der Waals surface area contributed by atoms with Crippen molar-refractivity contribution in [2.24, 2.45) is 5.92 Å². The summed E-state index contributed by atoms with van der Waals surface area (Å²) in [6.07, 6.45) is 2.08. The molecule has 1 saturated heterocycles. The number of esters is 2. The molecule has 1 aromatic heterocycles. The van der Waals surface area contributed by atoms with E-state index in [1.807, 2.05) is 12.1 Å². The summed E-state index contributed by atoms with van der Waals surface area (Å²) in [4.78, 5) is 51.5. The Morgan fingerprint density at radius 3 is 2.09 bits per heavy atom. The van der Waals surface area contributed by atoms with Crippen molar-refractivity contribution in [1.82, 2.24) is 9.55 Å². The van der Waals surface area contributed by atoms with Gasteiger partial charge < -0.3 is 9.47 Å². The van der Waals surface area contributed by atoms with Gasteiger partial charge in [-0.05, 0) is 37.6 Å². The molecule has 3 aromatic rings. The molecule has 1 aliphatic heterocycles. The molecule has 3 atom stereocenters. The molecule has 1 aliphatic rings. The van der Waals surface area contributed by atoms with Crippen molar-refractivity contribution >= 4 is 23.7 Å². The third-order valence-corrected chi connectivity index (χ3v) is 7.17. The van der Waals surface area contributed by atoms with Crippen molar-refractivity contribution in [2.45, 2.75) is 24.0 Å². The fourth-order valence-electron chi connectivity index (χ4n) is 3.81. The fraction of sp³-hybridized carbons (Fsp3) is 0.280. The van der Waals surface area contributed by atoms with Crippen molar-refractivity contribution in [3.63, 3.8) is 0 Å². The van der Waals surface area contributed by atoms with Crippen molar-refractivity contribution in [1.29, 1.82) is 0 Å². The topological polar surface area (TPSA) is 107 Å². The Morgan fingerprint density at radius 1 is 0.941 bits per heavy atom. The Hall–Kier alpha value is -3.59. The van der Waals surface area contributed by atoms with Crippen LogP contribution in [-0.4, -0.2) is 40.0 Å². The predicted octanol–water partition coefficient (Wildman–Crippen LogP) is 3.18. The third kappa shape index (κ3) is 5.48. The van der Waals surface area contributed by atoms with Crippen LogP contribution in [0.3, 0.4) is 0 Å². The summed E-state index contributed by atoms with van der Waals surface area (Å²) in [6.45, 7) is 1.85. The van der Waals surface area contributed by atoms with E-state index in [9.17, 15) is 19.2 Å². The average molecular weight is 481 g/mol. The summed E-state index contributed by atoms with van der Waals surface area (Å²) in [6, 6.07) is 17.4. The van der Waals surface area contributed by atoms with Gasteiger partial charge >= 0.3 is 17.6 Å². The van der Waals surface area contributed by atoms with Crippen LogP contribution in [0.1, 0.15) is 38.1 Å². The molecule has 0 spiro atoms. The smallest absolute Gasteiger partial charge is 0.338 e. The summed E-state index contributed by atoms with van der Waals surface area (Å²) < 4.78 is 12.5. The molecule has 0 bridgehead atoms. The summed E-state index contributed by atoms with van der Waals surface area (Å²) in [5.74, 6) is -1.09. The number of carbonyl (C=O) groups excluding carboxylic acids is 2. The lowest BCUT2D eigenvalue weighted by Crippen LogP contribution is -2.34. The number of benzene rings is 2. The monoisotopic (exact) mass is 480 g/mol. The SMILES string of the molecule is Cc1cn([C@@H]2S[C@@H](COC(=O)c3ccccc3)C[C@H]2COC(=O)c2ccccc2)c(=O)[nH]c1=O. The molecule has 176 valence electrons. The van der Waals surface area contributed by atoms with Crippen LogP contribution < -0.4 is 11.2 Å². The van der Waals surface area contributed by atoms with Gasteiger partial charge in [-0.2, -0.15) is 0 Å². The molecule has 9 heteroatoms. The van der Waals surface area contributed by atoms with E-state index in [1.165, 1.54) is 22.5 Å². The quantitative estimate of drug-likeness (QED) is 0.518. The van der Waals surface area contributed by atoms with Gasteiger partial charge in [0.25, 0.3) is 5.56 Å².